The molecule has 1 aliphatic rings. The zero-order chi connectivity index (χ0) is 17.7. The third kappa shape index (κ3) is 5.06. The van der Waals surface area contributed by atoms with E-state index >= 15 is 0 Å². The number of carbonyl (C=O) groups excluding carboxylic acids is 3. The predicted octanol–water partition coefficient (Wildman–Crippen LogP) is 2.58. The molecule has 2 rings (SSSR count). The normalized spacial score (nSPS) is 16.0. The molecule has 2 N–H and O–H groups in total. The molecule has 0 aliphatic heterocycles. The van der Waals surface area contributed by atoms with E-state index < -0.39 is 24.0 Å². The molecule has 0 aromatic heterocycles. The van der Waals surface area contributed by atoms with Crippen LogP contribution in [0, 0.1) is 11.8 Å². The average Bonchev–Trinajstić information content (AvgIpc) is 3.37. The first-order valence-corrected chi connectivity index (χ1v) is 8.59. The van der Waals surface area contributed by atoms with Crippen molar-refractivity contribution in [2.45, 2.75) is 25.8 Å². The van der Waals surface area contributed by atoms with Gasteiger partial charge in [0.25, 0.3) is 0 Å². The van der Waals surface area contributed by atoms with Crippen LogP contribution >= 0.6 is 15.9 Å². The highest BCUT2D eigenvalue weighted by Crippen LogP contribution is 2.28. The summed E-state index contributed by atoms with van der Waals surface area (Å²) >= 11 is 3.34. The summed E-state index contributed by atoms with van der Waals surface area (Å²) in [7, 11) is 1.23. The molecule has 24 heavy (non-hydrogen) atoms. The van der Waals surface area contributed by atoms with Gasteiger partial charge in [0.05, 0.1) is 13.2 Å². The summed E-state index contributed by atoms with van der Waals surface area (Å²) in [5, 5.41) is 5.53. The van der Waals surface area contributed by atoms with Gasteiger partial charge in [-0.05, 0) is 43.4 Å². The Balaban J connectivity index is 2.21. The Morgan fingerprint density at radius 1 is 1.25 bits per heavy atom. The van der Waals surface area contributed by atoms with Crippen LogP contribution in [0.2, 0.25) is 0 Å². The minimum Gasteiger partial charge on any atom is -0.468 e. The van der Waals surface area contributed by atoms with Crippen LogP contribution in [0.5, 0.6) is 0 Å². The summed E-state index contributed by atoms with van der Waals surface area (Å²) in [5.74, 6) is -1.59. The molecule has 0 saturated heterocycles. The number of esters is 1. The van der Waals surface area contributed by atoms with E-state index in [0.717, 1.165) is 17.3 Å². The number of ether oxygens (including phenoxy) is 1. The summed E-state index contributed by atoms with van der Waals surface area (Å²) in [6.07, 6.45) is 2.24. The van der Waals surface area contributed by atoms with Crippen LogP contribution < -0.4 is 10.6 Å². The van der Waals surface area contributed by atoms with Gasteiger partial charge < -0.3 is 15.4 Å². The lowest BCUT2D eigenvalue weighted by Crippen LogP contribution is -2.45. The molecular formula is C17H21BrN2O4. The lowest BCUT2D eigenvalue weighted by atomic mass is 9.90. The number of benzene rings is 1. The Morgan fingerprint density at radius 2 is 1.88 bits per heavy atom. The van der Waals surface area contributed by atoms with E-state index in [9.17, 15) is 14.4 Å². The van der Waals surface area contributed by atoms with E-state index in [1.54, 1.807) is 24.3 Å². The molecule has 0 heterocycles. The van der Waals surface area contributed by atoms with Crippen LogP contribution in [-0.4, -0.2) is 31.4 Å². The first-order chi connectivity index (χ1) is 11.4. The van der Waals surface area contributed by atoms with Crippen LogP contribution in [0.25, 0.3) is 0 Å². The molecule has 1 fully saturated rings. The Hall–Kier alpha value is -1.89. The van der Waals surface area contributed by atoms with E-state index in [1.807, 2.05) is 0 Å². The van der Waals surface area contributed by atoms with Crippen molar-refractivity contribution in [3.05, 3.63) is 34.3 Å². The molecule has 1 unspecified atom stereocenters. The quantitative estimate of drug-likeness (QED) is 0.547. The maximum absolute atomic E-state index is 12.2. The number of halogens is 1. The molecule has 1 aliphatic carbocycles. The highest BCUT2D eigenvalue weighted by molar-refractivity contribution is 9.10. The van der Waals surface area contributed by atoms with Crippen molar-refractivity contribution in [2.24, 2.45) is 11.8 Å². The maximum Gasteiger partial charge on any atom is 0.318 e. The Bertz CT molecular complexity index is 614. The largest absolute Gasteiger partial charge is 0.468 e. The van der Waals surface area contributed by atoms with E-state index in [0.29, 0.717) is 18.0 Å². The van der Waals surface area contributed by atoms with Gasteiger partial charge in [0.2, 0.25) is 0 Å². The molecule has 7 heteroatoms. The number of amides is 2. The molecule has 130 valence electrons. The highest BCUT2D eigenvalue weighted by Gasteiger charge is 2.35. The van der Waals surface area contributed by atoms with Gasteiger partial charge in [-0.2, -0.15) is 0 Å². The van der Waals surface area contributed by atoms with Crippen LogP contribution in [-0.2, 0) is 14.3 Å². The van der Waals surface area contributed by atoms with Gasteiger partial charge in [-0.25, -0.2) is 4.79 Å². The van der Waals surface area contributed by atoms with Crippen molar-refractivity contribution >= 4 is 33.7 Å². The lowest BCUT2D eigenvalue weighted by molar-refractivity contribution is -0.150. The summed E-state index contributed by atoms with van der Waals surface area (Å²) in [6.45, 7) is 1.92. The van der Waals surface area contributed by atoms with E-state index in [1.165, 1.54) is 14.0 Å². The molecule has 6 nitrogen and oxygen atoms in total. The average molecular weight is 397 g/mol. The number of Topliss-reactive ketones (excluding diaryl/α,β-unsaturated/α-hetero) is 1. The fraction of sp³-hybridized carbons (Fsp3) is 0.471. The van der Waals surface area contributed by atoms with Crippen molar-refractivity contribution in [3.8, 4) is 0 Å². The standard InChI is InChI=1S/C17H21BrN2O4/c1-10(21)14(16(22)24-2)15(12-5-7-13(18)8-6-12)20-17(23)19-9-11-3-4-11/h5-8,11,14-15H,3-4,9H2,1-2H3,(H2,19,20,23)/t14?,15-/m0/s1. The predicted molar refractivity (Wildman–Crippen MR) is 92.3 cm³/mol. The Morgan fingerprint density at radius 3 is 2.38 bits per heavy atom. The van der Waals surface area contributed by atoms with Gasteiger partial charge in [-0.3, -0.25) is 9.59 Å². The number of ketones is 1. The summed E-state index contributed by atoms with van der Waals surface area (Å²) in [5.41, 5.74) is 0.658. The number of hydrogen-bond donors (Lipinski definition) is 2. The SMILES string of the molecule is COC(=O)C(C(C)=O)[C@@H](NC(=O)NCC1CC1)c1ccc(Br)cc1. The second kappa shape index (κ2) is 8.28. The topological polar surface area (TPSA) is 84.5 Å². The third-order valence-electron chi connectivity index (χ3n) is 3.99. The Kier molecular flexibility index (Phi) is 6.36. The number of methoxy groups -OCH3 is 1. The molecule has 0 spiro atoms. The van der Waals surface area contributed by atoms with Crippen LogP contribution in [0.15, 0.2) is 28.7 Å². The molecule has 1 saturated carbocycles. The fourth-order valence-electron chi connectivity index (χ4n) is 2.44. The number of urea groups is 1. The van der Waals surface area contributed by atoms with Crippen LogP contribution in [0.3, 0.4) is 0 Å². The zero-order valence-corrected chi connectivity index (χ0v) is 15.3. The Labute approximate surface area is 149 Å². The van der Waals surface area contributed by atoms with Crippen LogP contribution in [0.4, 0.5) is 4.79 Å². The van der Waals surface area contributed by atoms with E-state index in [-0.39, 0.29) is 5.78 Å². The monoisotopic (exact) mass is 396 g/mol. The molecule has 2 atom stereocenters. The van der Waals surface area contributed by atoms with Gasteiger partial charge in [0.15, 0.2) is 0 Å². The minimum absolute atomic E-state index is 0.364. The first-order valence-electron chi connectivity index (χ1n) is 7.80. The van der Waals surface area contributed by atoms with Gasteiger partial charge in [-0.15, -0.1) is 0 Å². The highest BCUT2D eigenvalue weighted by atomic mass is 79.9. The molecule has 2 amide bonds. The molecule has 0 bridgehead atoms. The summed E-state index contributed by atoms with van der Waals surface area (Å²) in [6, 6.07) is 5.91. The number of carbonyl (C=O) groups is 3. The number of rotatable bonds is 7. The van der Waals surface area contributed by atoms with Crippen molar-refractivity contribution in [1.29, 1.82) is 0 Å². The van der Waals surface area contributed by atoms with Crippen LogP contribution in [0.1, 0.15) is 31.4 Å². The van der Waals surface area contributed by atoms with Crippen molar-refractivity contribution in [1.82, 2.24) is 10.6 Å². The lowest BCUT2D eigenvalue weighted by Gasteiger charge is -2.25. The van der Waals surface area contributed by atoms with Crippen molar-refractivity contribution in [3.63, 3.8) is 0 Å². The molecule has 1 aromatic carbocycles. The molecular weight excluding hydrogens is 376 g/mol. The van der Waals surface area contributed by atoms with Crippen molar-refractivity contribution < 1.29 is 19.1 Å². The molecule has 0 radical (unpaired) electrons. The van der Waals surface area contributed by atoms with Gasteiger partial charge in [0, 0.05) is 11.0 Å². The number of nitrogens with one attached hydrogen (secondary N) is 2. The second-order valence-electron chi connectivity index (χ2n) is 5.94. The first kappa shape index (κ1) is 18.4. The zero-order valence-electron chi connectivity index (χ0n) is 13.7. The van der Waals surface area contributed by atoms with E-state index in [4.69, 9.17) is 4.74 Å². The maximum atomic E-state index is 12.2. The minimum atomic E-state index is -1.09. The smallest absolute Gasteiger partial charge is 0.318 e. The van der Waals surface area contributed by atoms with Gasteiger partial charge in [-0.1, -0.05) is 28.1 Å². The van der Waals surface area contributed by atoms with Gasteiger partial charge in [0.1, 0.15) is 11.7 Å². The summed E-state index contributed by atoms with van der Waals surface area (Å²) < 4.78 is 5.61. The second-order valence-corrected chi connectivity index (χ2v) is 6.85. The fourth-order valence-corrected chi connectivity index (χ4v) is 2.71. The molecule has 1 aromatic rings. The number of hydrogen-bond acceptors (Lipinski definition) is 4. The third-order valence-corrected chi connectivity index (χ3v) is 4.52. The van der Waals surface area contributed by atoms with Crippen molar-refractivity contribution in [2.75, 3.05) is 13.7 Å². The summed E-state index contributed by atoms with van der Waals surface area (Å²) in [4.78, 5) is 36.2. The van der Waals surface area contributed by atoms with Gasteiger partial charge >= 0.3 is 12.0 Å². The van der Waals surface area contributed by atoms with E-state index in [2.05, 4.69) is 26.6 Å².